The quantitative estimate of drug-likeness (QED) is 0.712. The van der Waals surface area contributed by atoms with E-state index in [9.17, 15) is 4.79 Å². The van der Waals surface area contributed by atoms with Crippen LogP contribution >= 0.6 is 0 Å². The minimum absolute atomic E-state index is 0.0407. The van der Waals surface area contributed by atoms with Crippen LogP contribution in [-0.4, -0.2) is 63.3 Å². The molecule has 2 aliphatic heterocycles. The number of anilines is 1. The number of fused-ring (bicyclic) bond motifs is 1. The molecule has 0 aliphatic carbocycles. The Bertz CT molecular complexity index is 849. The molecule has 1 N–H and O–H groups in total. The average molecular weight is 410 g/mol. The van der Waals surface area contributed by atoms with Crippen LogP contribution < -0.4 is 19.7 Å². The van der Waals surface area contributed by atoms with Crippen LogP contribution in [0.5, 0.6) is 11.5 Å². The molecule has 0 bridgehead atoms. The molecular weight excluding hydrogens is 378 g/mol. The first kappa shape index (κ1) is 20.5. The fourth-order valence-electron chi connectivity index (χ4n) is 4.25. The number of piperazine rings is 1. The number of carbonyl (C=O) groups excluding carboxylic acids is 1. The molecule has 4 rings (SSSR count). The molecule has 0 spiro atoms. The van der Waals surface area contributed by atoms with E-state index in [1.54, 1.807) is 7.11 Å². The normalized spacial score (nSPS) is 19.4. The SMILES string of the molecule is COc1ccccc1N1CCN(CCCCC2CNC(=O)c3ccccc3O2)CC1. The zero-order valence-corrected chi connectivity index (χ0v) is 17.7. The molecule has 0 radical (unpaired) electrons. The summed E-state index contributed by atoms with van der Waals surface area (Å²) in [5, 5.41) is 2.98. The third-order valence-corrected chi connectivity index (χ3v) is 5.96. The van der Waals surface area contributed by atoms with Gasteiger partial charge in [0.15, 0.2) is 0 Å². The predicted molar refractivity (Wildman–Crippen MR) is 119 cm³/mol. The smallest absolute Gasteiger partial charge is 0.255 e. The summed E-state index contributed by atoms with van der Waals surface area (Å²) < 4.78 is 11.6. The molecule has 1 amide bonds. The molecule has 6 nitrogen and oxygen atoms in total. The van der Waals surface area contributed by atoms with Crippen molar-refractivity contribution in [1.29, 1.82) is 0 Å². The highest BCUT2D eigenvalue weighted by atomic mass is 16.5. The summed E-state index contributed by atoms with van der Waals surface area (Å²) in [4.78, 5) is 17.1. The number of amides is 1. The number of carbonyl (C=O) groups is 1. The van der Waals surface area contributed by atoms with Crippen molar-refractivity contribution >= 4 is 11.6 Å². The lowest BCUT2D eigenvalue weighted by Gasteiger charge is -2.36. The van der Waals surface area contributed by atoms with Crippen LogP contribution in [0.2, 0.25) is 0 Å². The molecule has 1 fully saturated rings. The number of rotatable bonds is 7. The number of nitrogens with zero attached hydrogens (tertiary/aromatic N) is 2. The zero-order chi connectivity index (χ0) is 20.8. The highest BCUT2D eigenvalue weighted by Gasteiger charge is 2.22. The lowest BCUT2D eigenvalue weighted by Crippen LogP contribution is -2.46. The third kappa shape index (κ3) is 4.87. The minimum atomic E-state index is -0.0407. The summed E-state index contributed by atoms with van der Waals surface area (Å²) in [5.41, 5.74) is 1.82. The van der Waals surface area contributed by atoms with Crippen molar-refractivity contribution < 1.29 is 14.3 Å². The summed E-state index contributed by atoms with van der Waals surface area (Å²) >= 11 is 0. The number of benzene rings is 2. The first-order valence-electron chi connectivity index (χ1n) is 10.9. The van der Waals surface area contributed by atoms with E-state index in [1.165, 1.54) is 5.69 Å². The molecule has 2 aromatic rings. The van der Waals surface area contributed by atoms with Crippen LogP contribution in [0.15, 0.2) is 48.5 Å². The van der Waals surface area contributed by atoms with Gasteiger partial charge in [-0.1, -0.05) is 24.3 Å². The Hall–Kier alpha value is -2.73. The second-order valence-electron chi connectivity index (χ2n) is 7.94. The van der Waals surface area contributed by atoms with Gasteiger partial charge in [-0.25, -0.2) is 0 Å². The molecule has 2 aliphatic rings. The van der Waals surface area contributed by atoms with Crippen LogP contribution in [0, 0.1) is 0 Å². The van der Waals surface area contributed by atoms with Gasteiger partial charge in [-0.2, -0.15) is 0 Å². The number of hydrogen-bond acceptors (Lipinski definition) is 5. The van der Waals surface area contributed by atoms with Gasteiger partial charge in [0.1, 0.15) is 17.6 Å². The van der Waals surface area contributed by atoms with E-state index < -0.39 is 0 Å². The van der Waals surface area contributed by atoms with Gasteiger partial charge in [0.05, 0.1) is 24.9 Å². The summed E-state index contributed by atoms with van der Waals surface area (Å²) in [5.74, 6) is 1.61. The topological polar surface area (TPSA) is 54.0 Å². The van der Waals surface area contributed by atoms with Crippen LogP contribution in [0.1, 0.15) is 29.6 Å². The van der Waals surface area contributed by atoms with Gasteiger partial charge in [0, 0.05) is 26.2 Å². The standard InChI is InChI=1S/C24H31N3O3/c1-29-23-12-5-3-10-21(23)27-16-14-26(15-17-27)13-7-6-8-19-18-25-24(28)20-9-2-4-11-22(20)30-19/h2-5,9-12,19H,6-8,13-18H2,1H3,(H,25,28). The zero-order valence-electron chi connectivity index (χ0n) is 17.7. The van der Waals surface area contributed by atoms with Gasteiger partial charge in [-0.05, 0) is 50.1 Å². The number of unbranched alkanes of at least 4 members (excludes halogenated alkanes) is 1. The fourth-order valence-corrected chi connectivity index (χ4v) is 4.25. The molecule has 1 atom stereocenters. The number of methoxy groups -OCH3 is 1. The maximum Gasteiger partial charge on any atom is 0.255 e. The second-order valence-corrected chi connectivity index (χ2v) is 7.94. The van der Waals surface area contributed by atoms with Crippen LogP contribution in [0.3, 0.4) is 0 Å². The Morgan fingerprint density at radius 3 is 2.63 bits per heavy atom. The second kappa shape index (κ2) is 9.85. The van der Waals surface area contributed by atoms with Gasteiger partial charge in [-0.15, -0.1) is 0 Å². The number of para-hydroxylation sites is 3. The monoisotopic (exact) mass is 409 g/mol. The van der Waals surface area contributed by atoms with E-state index in [-0.39, 0.29) is 12.0 Å². The first-order valence-corrected chi connectivity index (χ1v) is 10.9. The third-order valence-electron chi connectivity index (χ3n) is 5.96. The lowest BCUT2D eigenvalue weighted by molar-refractivity contribution is 0.0949. The number of ether oxygens (including phenoxy) is 2. The molecular formula is C24H31N3O3. The summed E-state index contributed by atoms with van der Waals surface area (Å²) in [6, 6.07) is 15.7. The minimum Gasteiger partial charge on any atom is -0.495 e. The molecule has 30 heavy (non-hydrogen) atoms. The molecule has 0 saturated carbocycles. The average Bonchev–Trinajstić information content (AvgIpc) is 2.96. The molecule has 160 valence electrons. The van der Waals surface area contributed by atoms with E-state index in [4.69, 9.17) is 9.47 Å². The summed E-state index contributed by atoms with van der Waals surface area (Å²) in [7, 11) is 1.73. The van der Waals surface area contributed by atoms with Gasteiger partial charge < -0.3 is 19.7 Å². The lowest BCUT2D eigenvalue weighted by atomic mass is 10.1. The molecule has 6 heteroatoms. The van der Waals surface area contributed by atoms with Crippen molar-refractivity contribution in [3.63, 3.8) is 0 Å². The van der Waals surface area contributed by atoms with E-state index in [1.807, 2.05) is 36.4 Å². The summed E-state index contributed by atoms with van der Waals surface area (Å²) in [6.07, 6.45) is 3.23. The number of hydrogen-bond donors (Lipinski definition) is 1. The largest absolute Gasteiger partial charge is 0.495 e. The van der Waals surface area contributed by atoms with E-state index in [0.29, 0.717) is 17.9 Å². The molecule has 0 aromatic heterocycles. The van der Waals surface area contributed by atoms with Crippen molar-refractivity contribution in [2.45, 2.75) is 25.4 Å². The predicted octanol–water partition coefficient (Wildman–Crippen LogP) is 3.18. The van der Waals surface area contributed by atoms with E-state index in [2.05, 4.69) is 27.2 Å². The van der Waals surface area contributed by atoms with Gasteiger partial charge in [-0.3, -0.25) is 9.69 Å². The van der Waals surface area contributed by atoms with E-state index >= 15 is 0 Å². The van der Waals surface area contributed by atoms with Crippen molar-refractivity contribution in [2.75, 3.05) is 51.3 Å². The van der Waals surface area contributed by atoms with Gasteiger partial charge >= 0.3 is 0 Å². The molecule has 1 saturated heterocycles. The Labute approximate surface area is 178 Å². The molecule has 2 aromatic carbocycles. The number of nitrogens with one attached hydrogen (secondary N) is 1. The molecule has 2 heterocycles. The Morgan fingerprint density at radius 1 is 1.03 bits per heavy atom. The van der Waals surface area contributed by atoms with Gasteiger partial charge in [0.25, 0.3) is 5.91 Å². The van der Waals surface area contributed by atoms with Crippen molar-refractivity contribution in [3.05, 3.63) is 54.1 Å². The Kier molecular flexibility index (Phi) is 6.74. The maximum absolute atomic E-state index is 12.1. The van der Waals surface area contributed by atoms with Crippen LogP contribution in [0.25, 0.3) is 0 Å². The van der Waals surface area contributed by atoms with Crippen molar-refractivity contribution in [2.24, 2.45) is 0 Å². The van der Waals surface area contributed by atoms with Crippen LogP contribution in [0.4, 0.5) is 5.69 Å². The van der Waals surface area contributed by atoms with E-state index in [0.717, 1.165) is 57.7 Å². The van der Waals surface area contributed by atoms with Crippen LogP contribution in [-0.2, 0) is 0 Å². The highest BCUT2D eigenvalue weighted by molar-refractivity contribution is 5.97. The Balaban J connectivity index is 1.19. The first-order chi connectivity index (χ1) is 14.7. The maximum atomic E-state index is 12.1. The van der Waals surface area contributed by atoms with Gasteiger partial charge in [0.2, 0.25) is 0 Å². The van der Waals surface area contributed by atoms with Crippen molar-refractivity contribution in [3.8, 4) is 11.5 Å². The fraction of sp³-hybridized carbons (Fsp3) is 0.458. The van der Waals surface area contributed by atoms with Crippen molar-refractivity contribution in [1.82, 2.24) is 10.2 Å². The Morgan fingerprint density at radius 2 is 1.80 bits per heavy atom. The molecule has 1 unspecified atom stereocenters. The highest BCUT2D eigenvalue weighted by Crippen LogP contribution is 2.28. The summed E-state index contributed by atoms with van der Waals surface area (Å²) in [6.45, 7) is 5.87.